The lowest BCUT2D eigenvalue weighted by atomic mass is 9.97. The smallest absolute Gasteiger partial charge is 0.253 e. The van der Waals surface area contributed by atoms with Gasteiger partial charge in [0, 0.05) is 12.6 Å². The molecule has 4 nitrogen and oxygen atoms in total. The van der Waals surface area contributed by atoms with Gasteiger partial charge in [0.25, 0.3) is 5.91 Å². The highest BCUT2D eigenvalue weighted by atomic mass is 35.5. The number of benzene rings is 1. The molecule has 1 aliphatic heterocycles. The average molecular weight is 285 g/mol. The van der Waals surface area contributed by atoms with Gasteiger partial charge >= 0.3 is 0 Å². The largest absolute Gasteiger partial charge is 0.363 e. The van der Waals surface area contributed by atoms with E-state index in [1.165, 1.54) is 5.56 Å². The summed E-state index contributed by atoms with van der Waals surface area (Å²) in [6, 6.07) is 8.24. The minimum Gasteiger partial charge on any atom is -0.363 e. The Morgan fingerprint density at radius 1 is 1.47 bits per heavy atom. The monoisotopic (exact) mass is 284 g/mol. The van der Waals surface area contributed by atoms with Crippen molar-refractivity contribution in [3.8, 4) is 0 Å². The Bertz CT molecular complexity index is 426. The van der Waals surface area contributed by atoms with Crippen LogP contribution in [0, 0.1) is 0 Å². The molecule has 2 N–H and O–H groups in total. The standard InChI is InChI=1S/C14H20N2O2.ClH/c1-10(15-2)9-16-14(17)13-12-6-4-3-5-11(12)7-8-18-13;/h3-6,10,13,15H,7-9H2,1-2H3,(H,16,17);1H. The molecule has 0 saturated carbocycles. The Morgan fingerprint density at radius 2 is 2.21 bits per heavy atom. The van der Waals surface area contributed by atoms with Gasteiger partial charge in [-0.15, -0.1) is 12.4 Å². The summed E-state index contributed by atoms with van der Waals surface area (Å²) in [5.74, 6) is -0.0516. The molecule has 0 fully saturated rings. The van der Waals surface area contributed by atoms with Crippen molar-refractivity contribution >= 4 is 18.3 Å². The Kier molecular flexibility index (Phi) is 6.28. The van der Waals surface area contributed by atoms with Crippen LogP contribution in [0.4, 0.5) is 0 Å². The Hall–Kier alpha value is -1.10. The fraction of sp³-hybridized carbons (Fsp3) is 0.500. The third-order valence-electron chi connectivity index (χ3n) is 3.31. The molecule has 1 aliphatic rings. The molecule has 0 aliphatic carbocycles. The lowest BCUT2D eigenvalue weighted by molar-refractivity contribution is -0.134. The Morgan fingerprint density at radius 3 is 2.95 bits per heavy atom. The molecule has 0 spiro atoms. The molecular weight excluding hydrogens is 264 g/mol. The van der Waals surface area contributed by atoms with Crippen molar-refractivity contribution in [2.45, 2.75) is 25.5 Å². The molecule has 1 aromatic rings. The molecule has 5 heteroatoms. The van der Waals surface area contributed by atoms with Gasteiger partial charge in [0.15, 0.2) is 6.10 Å². The first-order chi connectivity index (χ1) is 8.72. The predicted octanol–water partition coefficient (Wildman–Crippen LogP) is 1.45. The maximum Gasteiger partial charge on any atom is 0.253 e. The van der Waals surface area contributed by atoms with Crippen molar-refractivity contribution in [2.24, 2.45) is 0 Å². The zero-order valence-electron chi connectivity index (χ0n) is 11.3. The van der Waals surface area contributed by atoms with Crippen LogP contribution in [0.25, 0.3) is 0 Å². The summed E-state index contributed by atoms with van der Waals surface area (Å²) in [6.07, 6.45) is 0.423. The number of nitrogens with one attached hydrogen (secondary N) is 2. The van der Waals surface area contributed by atoms with Gasteiger partial charge in [-0.05, 0) is 31.5 Å². The van der Waals surface area contributed by atoms with E-state index in [9.17, 15) is 4.79 Å². The van der Waals surface area contributed by atoms with E-state index in [0.717, 1.165) is 12.0 Å². The third kappa shape index (κ3) is 3.93. The van der Waals surface area contributed by atoms with Crippen LogP contribution in [0.1, 0.15) is 24.2 Å². The first-order valence-electron chi connectivity index (χ1n) is 6.36. The topological polar surface area (TPSA) is 50.4 Å². The summed E-state index contributed by atoms with van der Waals surface area (Å²) in [4.78, 5) is 12.1. The quantitative estimate of drug-likeness (QED) is 0.880. The SMILES string of the molecule is CNC(C)CNC(=O)C1OCCc2ccccc21.Cl. The van der Waals surface area contributed by atoms with Gasteiger partial charge in [-0.25, -0.2) is 0 Å². The van der Waals surface area contributed by atoms with Crippen LogP contribution in [0.15, 0.2) is 24.3 Å². The van der Waals surface area contributed by atoms with Gasteiger partial charge in [0.05, 0.1) is 6.61 Å². The van der Waals surface area contributed by atoms with Crippen LogP contribution < -0.4 is 10.6 Å². The molecule has 2 atom stereocenters. The minimum absolute atomic E-state index is 0. The lowest BCUT2D eigenvalue weighted by Gasteiger charge is -2.25. The zero-order valence-corrected chi connectivity index (χ0v) is 12.1. The summed E-state index contributed by atoms with van der Waals surface area (Å²) in [7, 11) is 1.88. The molecule has 0 saturated heterocycles. The van der Waals surface area contributed by atoms with Gasteiger partial charge in [-0.3, -0.25) is 4.79 Å². The van der Waals surface area contributed by atoms with Crippen molar-refractivity contribution in [2.75, 3.05) is 20.2 Å². The average Bonchev–Trinajstić information content (AvgIpc) is 2.43. The van der Waals surface area contributed by atoms with Crippen LogP contribution >= 0.6 is 12.4 Å². The molecule has 2 unspecified atom stereocenters. The number of rotatable bonds is 4. The number of likely N-dealkylation sites (N-methyl/N-ethyl adjacent to an activating group) is 1. The van der Waals surface area contributed by atoms with Crippen LogP contribution in [0.5, 0.6) is 0 Å². The van der Waals surface area contributed by atoms with Gasteiger partial charge in [0.2, 0.25) is 0 Å². The van der Waals surface area contributed by atoms with Crippen molar-refractivity contribution in [3.05, 3.63) is 35.4 Å². The van der Waals surface area contributed by atoms with E-state index in [-0.39, 0.29) is 24.4 Å². The second kappa shape index (κ2) is 7.48. The second-order valence-corrected chi connectivity index (χ2v) is 4.63. The summed E-state index contributed by atoms with van der Waals surface area (Å²) in [6.45, 7) is 3.24. The van der Waals surface area contributed by atoms with Gasteiger partial charge in [-0.2, -0.15) is 0 Å². The lowest BCUT2D eigenvalue weighted by Crippen LogP contribution is -2.40. The van der Waals surface area contributed by atoms with Crippen LogP contribution in [-0.4, -0.2) is 32.1 Å². The molecule has 0 radical (unpaired) electrons. The van der Waals surface area contributed by atoms with E-state index < -0.39 is 6.10 Å². The molecule has 1 heterocycles. The highest BCUT2D eigenvalue weighted by molar-refractivity contribution is 5.85. The van der Waals surface area contributed by atoms with E-state index in [0.29, 0.717) is 13.2 Å². The summed E-state index contributed by atoms with van der Waals surface area (Å²) in [5.41, 5.74) is 2.21. The molecule has 0 aromatic heterocycles. The van der Waals surface area contributed by atoms with Gasteiger partial charge in [0.1, 0.15) is 0 Å². The van der Waals surface area contributed by atoms with Crippen LogP contribution in [0.3, 0.4) is 0 Å². The number of halogens is 1. The van der Waals surface area contributed by atoms with E-state index in [4.69, 9.17) is 4.74 Å². The number of amides is 1. The molecule has 1 aromatic carbocycles. The number of fused-ring (bicyclic) bond motifs is 1. The number of carbonyl (C=O) groups is 1. The van der Waals surface area contributed by atoms with E-state index in [1.54, 1.807) is 0 Å². The van der Waals surface area contributed by atoms with Crippen molar-refractivity contribution in [1.29, 1.82) is 0 Å². The van der Waals surface area contributed by atoms with Gasteiger partial charge < -0.3 is 15.4 Å². The number of hydrogen-bond acceptors (Lipinski definition) is 3. The molecular formula is C14H21ClN2O2. The first-order valence-corrected chi connectivity index (χ1v) is 6.36. The van der Waals surface area contributed by atoms with Crippen molar-refractivity contribution in [3.63, 3.8) is 0 Å². The molecule has 0 bridgehead atoms. The van der Waals surface area contributed by atoms with Crippen molar-refractivity contribution < 1.29 is 9.53 Å². The maximum atomic E-state index is 12.1. The number of carbonyl (C=O) groups excluding carboxylic acids is 1. The Balaban J connectivity index is 0.00000180. The third-order valence-corrected chi connectivity index (χ3v) is 3.31. The zero-order chi connectivity index (χ0) is 13.0. The summed E-state index contributed by atoms with van der Waals surface area (Å²) < 4.78 is 5.60. The van der Waals surface area contributed by atoms with Crippen LogP contribution in [-0.2, 0) is 16.0 Å². The highest BCUT2D eigenvalue weighted by Crippen LogP contribution is 2.26. The second-order valence-electron chi connectivity index (χ2n) is 4.63. The molecule has 19 heavy (non-hydrogen) atoms. The minimum atomic E-state index is -0.459. The normalized spacial score (nSPS) is 18.9. The molecule has 106 valence electrons. The van der Waals surface area contributed by atoms with Crippen LogP contribution in [0.2, 0.25) is 0 Å². The molecule has 1 amide bonds. The summed E-state index contributed by atoms with van der Waals surface area (Å²) in [5, 5.41) is 6.00. The number of hydrogen-bond donors (Lipinski definition) is 2. The number of ether oxygens (including phenoxy) is 1. The fourth-order valence-corrected chi connectivity index (χ4v) is 2.06. The van der Waals surface area contributed by atoms with Crippen molar-refractivity contribution in [1.82, 2.24) is 10.6 Å². The van der Waals surface area contributed by atoms with E-state index in [1.807, 2.05) is 32.2 Å². The van der Waals surface area contributed by atoms with E-state index >= 15 is 0 Å². The molecule has 2 rings (SSSR count). The van der Waals surface area contributed by atoms with E-state index in [2.05, 4.69) is 16.7 Å². The Labute approximate surface area is 120 Å². The highest BCUT2D eigenvalue weighted by Gasteiger charge is 2.26. The summed E-state index contributed by atoms with van der Waals surface area (Å²) >= 11 is 0. The maximum absolute atomic E-state index is 12.1. The van der Waals surface area contributed by atoms with Gasteiger partial charge in [-0.1, -0.05) is 24.3 Å². The fourth-order valence-electron chi connectivity index (χ4n) is 2.06. The predicted molar refractivity (Wildman–Crippen MR) is 77.6 cm³/mol. The first kappa shape index (κ1) is 16.0.